The van der Waals surface area contributed by atoms with E-state index in [1.165, 1.54) is 12.8 Å². The number of benzene rings is 1. The lowest BCUT2D eigenvalue weighted by molar-refractivity contribution is 0.245. The molecule has 2 N–H and O–H groups in total. The molecule has 1 aromatic carbocycles. The molecule has 3 rings (SSSR count). The Morgan fingerprint density at radius 2 is 1.79 bits per heavy atom. The summed E-state index contributed by atoms with van der Waals surface area (Å²) in [4.78, 5) is 29.4. The van der Waals surface area contributed by atoms with E-state index in [-0.39, 0.29) is 18.6 Å². The third-order valence-electron chi connectivity index (χ3n) is 4.53. The summed E-state index contributed by atoms with van der Waals surface area (Å²) in [6.07, 6.45) is 4.75. The van der Waals surface area contributed by atoms with Crippen LogP contribution in [0.25, 0.3) is 0 Å². The summed E-state index contributed by atoms with van der Waals surface area (Å²) < 4.78 is 5.70. The number of anilines is 3. The normalized spacial score (nSPS) is 14.1. The van der Waals surface area contributed by atoms with Gasteiger partial charge in [-0.2, -0.15) is 15.0 Å². The number of rotatable bonds is 7. The van der Waals surface area contributed by atoms with Crippen molar-refractivity contribution < 1.29 is 9.53 Å². The van der Waals surface area contributed by atoms with Gasteiger partial charge in [0.1, 0.15) is 6.61 Å². The van der Waals surface area contributed by atoms with Crippen LogP contribution in [-0.4, -0.2) is 61.3 Å². The van der Waals surface area contributed by atoms with Gasteiger partial charge in [0.15, 0.2) is 0 Å². The minimum atomic E-state index is -0.283. The molecule has 2 amide bonds. The highest BCUT2D eigenvalue weighted by Crippen LogP contribution is 2.20. The lowest BCUT2D eigenvalue weighted by Crippen LogP contribution is -2.32. The van der Waals surface area contributed by atoms with Crippen molar-refractivity contribution in [2.24, 2.45) is 0 Å². The zero-order chi connectivity index (χ0) is 20.5. The van der Waals surface area contributed by atoms with E-state index in [4.69, 9.17) is 4.74 Å². The smallest absolute Gasteiger partial charge is 0.323 e. The molecule has 0 radical (unpaired) electrons. The number of nitrogens with zero attached hydrogens (tertiary/aromatic N) is 5. The van der Waals surface area contributed by atoms with E-state index in [1.807, 2.05) is 49.3 Å². The molecule has 156 valence electrons. The quantitative estimate of drug-likeness (QED) is 0.691. The second-order valence-electron chi connectivity index (χ2n) is 7.11. The molecule has 2 heterocycles. The number of ether oxygens (including phenoxy) is 1. The summed E-state index contributed by atoms with van der Waals surface area (Å²) in [6.45, 7) is 2.48. The van der Waals surface area contributed by atoms with Crippen molar-refractivity contribution in [3.63, 3.8) is 0 Å². The fraction of sp³-hybridized carbons (Fsp3) is 0.500. The van der Waals surface area contributed by atoms with Gasteiger partial charge in [0.25, 0.3) is 0 Å². The molecule has 29 heavy (non-hydrogen) atoms. The van der Waals surface area contributed by atoms with Crippen LogP contribution in [-0.2, 0) is 0 Å². The Bertz CT molecular complexity index is 778. The molecule has 1 aromatic heterocycles. The molecule has 9 heteroatoms. The Kier molecular flexibility index (Phi) is 7.43. The maximum atomic E-state index is 11.9. The van der Waals surface area contributed by atoms with E-state index >= 15 is 0 Å². The molecule has 1 aliphatic heterocycles. The summed E-state index contributed by atoms with van der Waals surface area (Å²) in [5, 5.41) is 5.52. The standard InChI is InChI=1S/C20H29N7O2/c1-26(2)17-23-18(27-13-8-3-4-9-14-27)25-20(24-17)29-15-12-21-19(28)22-16-10-6-5-7-11-16/h5-7,10-11H,3-4,8-9,12-15H2,1-2H3,(H2,21,22,28). The minimum absolute atomic E-state index is 0.262. The Hall–Kier alpha value is -3.10. The molecule has 2 aromatic rings. The van der Waals surface area contributed by atoms with Crippen molar-refractivity contribution in [3.8, 4) is 6.01 Å². The molecule has 9 nitrogen and oxygen atoms in total. The van der Waals surface area contributed by atoms with Crippen molar-refractivity contribution in [1.82, 2.24) is 20.3 Å². The number of carbonyl (C=O) groups excluding carboxylic acids is 1. The highest BCUT2D eigenvalue weighted by Gasteiger charge is 2.17. The first-order chi connectivity index (χ1) is 14.1. The molecule has 0 saturated carbocycles. The van der Waals surface area contributed by atoms with Gasteiger partial charge in [0, 0.05) is 32.9 Å². The van der Waals surface area contributed by atoms with Crippen LogP contribution in [0.2, 0.25) is 0 Å². The Balaban J connectivity index is 1.54. The van der Waals surface area contributed by atoms with E-state index in [0.29, 0.717) is 18.4 Å². The fourth-order valence-electron chi connectivity index (χ4n) is 3.02. The van der Waals surface area contributed by atoms with Gasteiger partial charge in [0.2, 0.25) is 11.9 Å². The van der Waals surface area contributed by atoms with Crippen LogP contribution in [0.4, 0.5) is 22.4 Å². The zero-order valence-corrected chi connectivity index (χ0v) is 17.1. The number of carbonyl (C=O) groups is 1. The molecule has 1 aliphatic rings. The van der Waals surface area contributed by atoms with Crippen molar-refractivity contribution in [1.29, 1.82) is 0 Å². The average Bonchev–Trinajstić information content (AvgIpc) is 3.01. The molecule has 0 atom stereocenters. The molecule has 1 saturated heterocycles. The van der Waals surface area contributed by atoms with Gasteiger partial charge in [-0.25, -0.2) is 4.79 Å². The predicted molar refractivity (Wildman–Crippen MR) is 114 cm³/mol. The average molecular weight is 399 g/mol. The summed E-state index contributed by atoms with van der Waals surface area (Å²) in [5.74, 6) is 1.21. The Labute approximate surface area is 171 Å². The van der Waals surface area contributed by atoms with Gasteiger partial charge >= 0.3 is 12.0 Å². The van der Waals surface area contributed by atoms with Crippen molar-refractivity contribution in [3.05, 3.63) is 30.3 Å². The lowest BCUT2D eigenvalue weighted by Gasteiger charge is -2.22. The third kappa shape index (κ3) is 6.48. The lowest BCUT2D eigenvalue weighted by atomic mass is 10.2. The van der Waals surface area contributed by atoms with Crippen molar-refractivity contribution >= 4 is 23.6 Å². The van der Waals surface area contributed by atoms with Crippen molar-refractivity contribution in [2.45, 2.75) is 25.7 Å². The second kappa shape index (κ2) is 10.4. The van der Waals surface area contributed by atoms with Crippen LogP contribution in [0, 0.1) is 0 Å². The number of nitrogens with one attached hydrogen (secondary N) is 2. The van der Waals surface area contributed by atoms with Crippen molar-refractivity contribution in [2.75, 3.05) is 55.5 Å². The van der Waals surface area contributed by atoms with E-state index < -0.39 is 0 Å². The van der Waals surface area contributed by atoms with Crippen LogP contribution in [0.15, 0.2) is 30.3 Å². The van der Waals surface area contributed by atoms with Gasteiger partial charge in [-0.3, -0.25) is 0 Å². The SMILES string of the molecule is CN(C)c1nc(OCCNC(=O)Nc2ccccc2)nc(N2CCCCCC2)n1. The zero-order valence-electron chi connectivity index (χ0n) is 17.1. The topological polar surface area (TPSA) is 95.5 Å². The molecule has 0 aliphatic carbocycles. The van der Waals surface area contributed by atoms with E-state index in [9.17, 15) is 4.79 Å². The van der Waals surface area contributed by atoms with Crippen LogP contribution in [0.3, 0.4) is 0 Å². The van der Waals surface area contributed by atoms with Crippen LogP contribution >= 0.6 is 0 Å². The number of urea groups is 1. The fourth-order valence-corrected chi connectivity index (χ4v) is 3.02. The van der Waals surface area contributed by atoms with E-state index in [2.05, 4.69) is 30.5 Å². The van der Waals surface area contributed by atoms with Gasteiger partial charge < -0.3 is 25.2 Å². The number of hydrogen-bond donors (Lipinski definition) is 2. The summed E-state index contributed by atoms with van der Waals surface area (Å²) in [7, 11) is 3.78. The summed E-state index contributed by atoms with van der Waals surface area (Å²) >= 11 is 0. The first-order valence-electron chi connectivity index (χ1n) is 10.0. The summed E-state index contributed by atoms with van der Waals surface area (Å²) in [5.41, 5.74) is 0.737. The maximum Gasteiger partial charge on any atom is 0.323 e. The molecular weight excluding hydrogens is 370 g/mol. The molecule has 0 bridgehead atoms. The number of para-hydroxylation sites is 1. The maximum absolute atomic E-state index is 11.9. The van der Waals surface area contributed by atoms with Gasteiger partial charge in [0.05, 0.1) is 6.54 Å². The summed E-state index contributed by atoms with van der Waals surface area (Å²) in [6, 6.07) is 9.27. The highest BCUT2D eigenvalue weighted by molar-refractivity contribution is 5.89. The Morgan fingerprint density at radius 1 is 1.07 bits per heavy atom. The minimum Gasteiger partial charge on any atom is -0.461 e. The van der Waals surface area contributed by atoms with E-state index in [0.717, 1.165) is 31.6 Å². The predicted octanol–water partition coefficient (Wildman–Crippen LogP) is 2.52. The number of amides is 2. The highest BCUT2D eigenvalue weighted by atomic mass is 16.5. The molecule has 0 unspecified atom stereocenters. The second-order valence-corrected chi connectivity index (χ2v) is 7.11. The van der Waals surface area contributed by atoms with Gasteiger partial charge in [-0.05, 0) is 25.0 Å². The molecular formula is C20H29N7O2. The van der Waals surface area contributed by atoms with Crippen LogP contribution in [0.5, 0.6) is 6.01 Å². The third-order valence-corrected chi connectivity index (χ3v) is 4.53. The molecule has 1 fully saturated rings. The first-order valence-corrected chi connectivity index (χ1v) is 10.0. The number of hydrogen-bond acceptors (Lipinski definition) is 7. The van der Waals surface area contributed by atoms with E-state index in [1.54, 1.807) is 0 Å². The van der Waals surface area contributed by atoms with Crippen LogP contribution < -0.4 is 25.2 Å². The Morgan fingerprint density at radius 3 is 2.48 bits per heavy atom. The van der Waals surface area contributed by atoms with Gasteiger partial charge in [-0.15, -0.1) is 0 Å². The van der Waals surface area contributed by atoms with Crippen LogP contribution in [0.1, 0.15) is 25.7 Å². The first kappa shape index (κ1) is 20.6. The van der Waals surface area contributed by atoms with Gasteiger partial charge in [-0.1, -0.05) is 31.0 Å². The monoisotopic (exact) mass is 399 g/mol. The molecule has 0 spiro atoms. The number of aromatic nitrogens is 3. The largest absolute Gasteiger partial charge is 0.461 e.